The van der Waals surface area contributed by atoms with Gasteiger partial charge in [-0.3, -0.25) is 9.59 Å². The second-order valence-corrected chi connectivity index (χ2v) is 4.77. The molecule has 0 aliphatic heterocycles. The van der Waals surface area contributed by atoms with Crippen molar-refractivity contribution in [1.29, 1.82) is 0 Å². The van der Waals surface area contributed by atoms with Crippen molar-refractivity contribution >= 4 is 27.9 Å². The molecular weight excluding hydrogens is 288 g/mol. The maximum Gasteiger partial charge on any atom is 0.303 e. The second-order valence-electron chi connectivity index (χ2n) is 3.97. The fourth-order valence-electron chi connectivity index (χ4n) is 1.96. The predicted molar refractivity (Wildman–Crippen MR) is 66.8 cm³/mol. The van der Waals surface area contributed by atoms with E-state index in [9.17, 15) is 9.59 Å². The van der Waals surface area contributed by atoms with Gasteiger partial charge in [-0.2, -0.15) is 0 Å². The van der Waals surface area contributed by atoms with Crippen molar-refractivity contribution in [2.45, 2.75) is 45.3 Å². The molecule has 96 valence electrons. The molecule has 0 fully saturated rings. The summed E-state index contributed by atoms with van der Waals surface area (Å²) in [6, 6.07) is 0. The van der Waals surface area contributed by atoms with Crippen LogP contribution in [0.2, 0.25) is 0 Å². The lowest BCUT2D eigenvalue weighted by atomic mass is 9.92. The number of esters is 2. The molecule has 0 bridgehead atoms. The Morgan fingerprint density at radius 2 is 2.00 bits per heavy atom. The van der Waals surface area contributed by atoms with Crippen molar-refractivity contribution in [3.63, 3.8) is 0 Å². The smallest absolute Gasteiger partial charge is 0.303 e. The molecule has 1 rings (SSSR count). The Hall–Kier alpha value is -0.840. The Morgan fingerprint density at radius 1 is 1.35 bits per heavy atom. The number of hydrogen-bond donors (Lipinski definition) is 0. The second kappa shape index (κ2) is 6.79. The van der Waals surface area contributed by atoms with E-state index in [0.29, 0.717) is 6.42 Å². The van der Waals surface area contributed by atoms with Crippen LogP contribution in [0.15, 0.2) is 11.6 Å². The molecule has 0 saturated heterocycles. The minimum Gasteiger partial charge on any atom is -0.458 e. The maximum atomic E-state index is 11.1. The summed E-state index contributed by atoms with van der Waals surface area (Å²) in [6.45, 7) is 2.73. The topological polar surface area (TPSA) is 52.6 Å². The molecule has 2 atom stereocenters. The number of ether oxygens (including phenoxy) is 2. The van der Waals surface area contributed by atoms with Gasteiger partial charge in [-0.1, -0.05) is 22.0 Å². The molecule has 1 aliphatic carbocycles. The Balaban J connectivity index is 2.79. The van der Waals surface area contributed by atoms with Gasteiger partial charge in [-0.25, -0.2) is 0 Å². The van der Waals surface area contributed by atoms with Gasteiger partial charge in [0.2, 0.25) is 0 Å². The third kappa shape index (κ3) is 4.50. The fourth-order valence-corrected chi connectivity index (χ4v) is 2.41. The van der Waals surface area contributed by atoms with Gasteiger partial charge < -0.3 is 9.47 Å². The van der Waals surface area contributed by atoms with Crippen LogP contribution in [0.1, 0.15) is 33.1 Å². The first-order valence-corrected chi connectivity index (χ1v) is 6.76. The summed E-state index contributed by atoms with van der Waals surface area (Å²) in [4.78, 5) is 22.1. The molecule has 0 aromatic rings. The van der Waals surface area contributed by atoms with E-state index in [4.69, 9.17) is 9.47 Å². The first-order valence-electron chi connectivity index (χ1n) is 5.64. The van der Waals surface area contributed by atoms with Gasteiger partial charge in [-0.05, 0) is 24.8 Å². The molecule has 0 saturated carbocycles. The van der Waals surface area contributed by atoms with Gasteiger partial charge in [0.15, 0.2) is 6.10 Å². The Bertz CT molecular complexity index is 324. The van der Waals surface area contributed by atoms with E-state index in [1.165, 1.54) is 13.8 Å². The van der Waals surface area contributed by atoms with Crippen LogP contribution in [-0.2, 0) is 19.1 Å². The molecule has 5 heteroatoms. The lowest BCUT2D eigenvalue weighted by Crippen LogP contribution is -2.38. The average molecular weight is 305 g/mol. The van der Waals surface area contributed by atoms with E-state index >= 15 is 0 Å². The normalized spacial score (nSPS) is 23.8. The average Bonchev–Trinajstić information content (AvgIpc) is 2.21. The van der Waals surface area contributed by atoms with Gasteiger partial charge in [0, 0.05) is 19.2 Å². The van der Waals surface area contributed by atoms with E-state index in [1.807, 2.05) is 0 Å². The number of hydrogen-bond acceptors (Lipinski definition) is 4. The molecule has 0 radical (unpaired) electrons. The van der Waals surface area contributed by atoms with E-state index in [2.05, 4.69) is 22.0 Å². The number of alkyl halides is 1. The lowest BCUT2D eigenvalue weighted by molar-refractivity contribution is -0.163. The van der Waals surface area contributed by atoms with Crippen molar-refractivity contribution in [2.75, 3.05) is 5.33 Å². The Labute approximate surface area is 109 Å². The maximum absolute atomic E-state index is 11.1. The van der Waals surface area contributed by atoms with Gasteiger partial charge in [0.25, 0.3) is 0 Å². The van der Waals surface area contributed by atoms with Gasteiger partial charge >= 0.3 is 11.9 Å². The van der Waals surface area contributed by atoms with Crippen molar-refractivity contribution < 1.29 is 19.1 Å². The van der Waals surface area contributed by atoms with Crippen molar-refractivity contribution in [1.82, 2.24) is 0 Å². The molecule has 0 N–H and O–H groups in total. The zero-order valence-electron chi connectivity index (χ0n) is 10.1. The Morgan fingerprint density at radius 3 is 2.53 bits per heavy atom. The van der Waals surface area contributed by atoms with Crippen molar-refractivity contribution in [2.24, 2.45) is 0 Å². The largest absolute Gasteiger partial charge is 0.458 e. The molecule has 0 unspecified atom stereocenters. The molecule has 0 amide bonds. The van der Waals surface area contributed by atoms with Gasteiger partial charge in [0.1, 0.15) is 6.10 Å². The first-order chi connectivity index (χ1) is 8.04. The number of allylic oxidation sites excluding steroid dienone is 1. The molecule has 0 spiro atoms. The lowest BCUT2D eigenvalue weighted by Gasteiger charge is -2.31. The number of halogens is 1. The molecule has 0 heterocycles. The summed E-state index contributed by atoms with van der Waals surface area (Å²) in [5.41, 5.74) is 1.02. The van der Waals surface area contributed by atoms with Crippen molar-refractivity contribution in [3.05, 3.63) is 11.6 Å². The van der Waals surface area contributed by atoms with Crippen LogP contribution in [0.4, 0.5) is 0 Å². The summed E-state index contributed by atoms with van der Waals surface area (Å²) >= 11 is 3.36. The summed E-state index contributed by atoms with van der Waals surface area (Å²) in [5, 5.41) is 0.795. The van der Waals surface area contributed by atoms with Crippen LogP contribution in [0.3, 0.4) is 0 Å². The van der Waals surface area contributed by atoms with Crippen LogP contribution in [0.25, 0.3) is 0 Å². The van der Waals surface area contributed by atoms with E-state index in [1.54, 1.807) is 0 Å². The molecule has 4 nitrogen and oxygen atoms in total. The first kappa shape index (κ1) is 14.2. The molecule has 0 aromatic heterocycles. The number of carbonyl (C=O) groups excluding carboxylic acids is 2. The van der Waals surface area contributed by atoms with Crippen LogP contribution >= 0.6 is 15.9 Å². The molecular formula is C12H17BrO4. The minimum atomic E-state index is -0.428. The summed E-state index contributed by atoms with van der Waals surface area (Å²) in [7, 11) is 0. The summed E-state index contributed by atoms with van der Waals surface area (Å²) in [5.74, 6) is -0.693. The van der Waals surface area contributed by atoms with Crippen molar-refractivity contribution in [3.8, 4) is 0 Å². The zero-order chi connectivity index (χ0) is 12.8. The summed E-state index contributed by atoms with van der Waals surface area (Å²) in [6.07, 6.45) is 3.62. The van der Waals surface area contributed by atoms with Crippen LogP contribution in [-0.4, -0.2) is 29.5 Å². The van der Waals surface area contributed by atoms with E-state index in [0.717, 1.165) is 23.7 Å². The molecule has 17 heavy (non-hydrogen) atoms. The van der Waals surface area contributed by atoms with Gasteiger partial charge in [-0.15, -0.1) is 0 Å². The monoisotopic (exact) mass is 304 g/mol. The number of rotatable bonds is 4. The minimum absolute atomic E-state index is 0.341. The fraction of sp³-hybridized carbons (Fsp3) is 0.667. The predicted octanol–water partition coefficient (Wildman–Crippen LogP) is 2.36. The van der Waals surface area contributed by atoms with Crippen LogP contribution in [0.5, 0.6) is 0 Å². The Kier molecular flexibility index (Phi) is 5.68. The highest BCUT2D eigenvalue weighted by molar-refractivity contribution is 9.09. The number of carbonyl (C=O) groups is 2. The SMILES string of the molecule is CC(=O)O[C@H]1CCC=C(CCBr)[C@H]1OC(C)=O. The van der Waals surface area contributed by atoms with Gasteiger partial charge in [0.05, 0.1) is 0 Å². The highest BCUT2D eigenvalue weighted by Crippen LogP contribution is 2.27. The van der Waals surface area contributed by atoms with Crippen LogP contribution in [0, 0.1) is 0 Å². The highest BCUT2D eigenvalue weighted by atomic mass is 79.9. The quantitative estimate of drug-likeness (QED) is 0.454. The van der Waals surface area contributed by atoms with E-state index < -0.39 is 6.10 Å². The summed E-state index contributed by atoms with van der Waals surface area (Å²) < 4.78 is 10.5. The van der Waals surface area contributed by atoms with E-state index in [-0.39, 0.29) is 18.0 Å². The highest BCUT2D eigenvalue weighted by Gasteiger charge is 2.32. The zero-order valence-corrected chi connectivity index (χ0v) is 11.7. The third-order valence-electron chi connectivity index (χ3n) is 2.55. The molecule has 1 aliphatic rings. The molecule has 0 aromatic carbocycles. The van der Waals surface area contributed by atoms with Crippen LogP contribution < -0.4 is 0 Å². The third-order valence-corrected chi connectivity index (χ3v) is 2.95. The standard InChI is InChI=1S/C12H17BrO4/c1-8(14)16-11-5-3-4-10(6-7-13)12(11)17-9(2)15/h4,11-12H,3,5-7H2,1-2H3/t11-,12+/m0/s1.